The molecule has 0 saturated carbocycles. The molecule has 0 unspecified atom stereocenters. The number of hydrogen-bond acceptors (Lipinski definition) is 6. The Labute approximate surface area is 167 Å². The summed E-state index contributed by atoms with van der Waals surface area (Å²) in [5.74, 6) is 0.574. The third-order valence-electron chi connectivity index (χ3n) is 4.05. The highest BCUT2D eigenvalue weighted by atomic mass is 19.1. The van der Waals surface area contributed by atoms with E-state index in [9.17, 15) is 9.18 Å². The van der Waals surface area contributed by atoms with E-state index in [1.807, 2.05) is 0 Å². The molecular weight excluding hydrogens is 377 g/mol. The number of nitrogens with zero attached hydrogens (tertiary/aromatic N) is 1. The van der Waals surface area contributed by atoms with Gasteiger partial charge < -0.3 is 24.8 Å². The number of ether oxygens (including phenoxy) is 3. The average molecular weight is 397 g/mol. The van der Waals surface area contributed by atoms with Crippen LogP contribution in [0.3, 0.4) is 0 Å². The Bertz CT molecular complexity index is 967. The first-order valence-corrected chi connectivity index (χ1v) is 8.64. The zero-order valence-electron chi connectivity index (χ0n) is 16.2. The Morgan fingerprint density at radius 2 is 1.48 bits per heavy atom. The molecule has 2 aromatic carbocycles. The lowest BCUT2D eigenvalue weighted by Crippen LogP contribution is -2.14. The Morgan fingerprint density at radius 1 is 0.862 bits per heavy atom. The number of pyridine rings is 1. The van der Waals surface area contributed by atoms with Crippen molar-refractivity contribution in [3.63, 3.8) is 0 Å². The van der Waals surface area contributed by atoms with E-state index >= 15 is 0 Å². The maximum absolute atomic E-state index is 13.0. The van der Waals surface area contributed by atoms with Crippen LogP contribution in [0.4, 0.5) is 21.5 Å². The van der Waals surface area contributed by atoms with Crippen molar-refractivity contribution in [2.45, 2.75) is 0 Å². The molecule has 8 heteroatoms. The molecule has 0 saturated heterocycles. The molecule has 3 aromatic rings. The summed E-state index contributed by atoms with van der Waals surface area (Å²) in [5, 5.41) is 5.84. The summed E-state index contributed by atoms with van der Waals surface area (Å²) in [7, 11) is 4.50. The van der Waals surface area contributed by atoms with Gasteiger partial charge in [0, 0.05) is 23.5 Å². The normalized spacial score (nSPS) is 10.2. The summed E-state index contributed by atoms with van der Waals surface area (Å²) < 4.78 is 28.8. The number of rotatable bonds is 7. The topological polar surface area (TPSA) is 81.7 Å². The van der Waals surface area contributed by atoms with Crippen LogP contribution in [-0.4, -0.2) is 32.2 Å². The molecule has 3 rings (SSSR count). The molecule has 0 atom stereocenters. The molecule has 0 spiro atoms. The fourth-order valence-electron chi connectivity index (χ4n) is 2.65. The second kappa shape index (κ2) is 8.92. The number of carbonyl (C=O) groups is 1. The molecule has 1 amide bonds. The van der Waals surface area contributed by atoms with Crippen LogP contribution in [0.1, 0.15) is 10.5 Å². The maximum Gasteiger partial charge on any atom is 0.274 e. The average Bonchev–Trinajstić information content (AvgIpc) is 2.75. The molecule has 2 N–H and O–H groups in total. The van der Waals surface area contributed by atoms with Crippen molar-refractivity contribution >= 4 is 23.0 Å². The number of methoxy groups -OCH3 is 3. The smallest absolute Gasteiger partial charge is 0.274 e. The van der Waals surface area contributed by atoms with Crippen molar-refractivity contribution in [2.75, 3.05) is 32.0 Å². The second-order valence-corrected chi connectivity index (χ2v) is 5.93. The fraction of sp³-hybridized carbons (Fsp3) is 0.143. The van der Waals surface area contributed by atoms with Crippen molar-refractivity contribution in [2.24, 2.45) is 0 Å². The molecule has 29 heavy (non-hydrogen) atoms. The van der Waals surface area contributed by atoms with E-state index in [0.29, 0.717) is 34.3 Å². The van der Waals surface area contributed by atoms with Crippen molar-refractivity contribution in [3.8, 4) is 17.2 Å². The van der Waals surface area contributed by atoms with Crippen LogP contribution in [0, 0.1) is 5.82 Å². The second-order valence-electron chi connectivity index (χ2n) is 5.93. The summed E-state index contributed by atoms with van der Waals surface area (Å²) in [6.45, 7) is 0. The zero-order valence-corrected chi connectivity index (χ0v) is 16.2. The van der Waals surface area contributed by atoms with Crippen LogP contribution >= 0.6 is 0 Å². The summed E-state index contributed by atoms with van der Waals surface area (Å²) in [6.07, 6.45) is 1.52. The Hall–Kier alpha value is -3.81. The minimum atomic E-state index is -0.396. The molecule has 1 heterocycles. The molecule has 0 aliphatic heterocycles. The van der Waals surface area contributed by atoms with E-state index in [-0.39, 0.29) is 11.5 Å². The number of amides is 1. The first kappa shape index (κ1) is 19.9. The van der Waals surface area contributed by atoms with Crippen molar-refractivity contribution in [1.29, 1.82) is 0 Å². The first-order valence-electron chi connectivity index (χ1n) is 8.64. The van der Waals surface area contributed by atoms with Gasteiger partial charge in [-0.3, -0.25) is 4.79 Å². The van der Waals surface area contributed by atoms with Gasteiger partial charge in [0.25, 0.3) is 5.91 Å². The fourth-order valence-corrected chi connectivity index (χ4v) is 2.65. The minimum absolute atomic E-state index is 0.225. The molecule has 0 radical (unpaired) electrons. The Balaban J connectivity index is 1.73. The number of hydrogen-bond donors (Lipinski definition) is 2. The number of halogens is 1. The Morgan fingerprint density at radius 3 is 2.00 bits per heavy atom. The third kappa shape index (κ3) is 4.73. The quantitative estimate of drug-likeness (QED) is 0.621. The van der Waals surface area contributed by atoms with Crippen LogP contribution in [-0.2, 0) is 0 Å². The lowest BCUT2D eigenvalue weighted by atomic mass is 10.2. The van der Waals surface area contributed by atoms with Crippen LogP contribution in [0.25, 0.3) is 0 Å². The van der Waals surface area contributed by atoms with E-state index in [4.69, 9.17) is 14.2 Å². The zero-order chi connectivity index (χ0) is 20.8. The van der Waals surface area contributed by atoms with Gasteiger partial charge in [-0.1, -0.05) is 0 Å². The van der Waals surface area contributed by atoms with Gasteiger partial charge in [-0.2, -0.15) is 0 Å². The summed E-state index contributed by atoms with van der Waals surface area (Å²) in [4.78, 5) is 16.7. The Kier molecular flexibility index (Phi) is 6.13. The summed E-state index contributed by atoms with van der Waals surface area (Å²) >= 11 is 0. The van der Waals surface area contributed by atoms with Crippen molar-refractivity contribution in [1.82, 2.24) is 4.98 Å². The molecular formula is C21H20FN3O4. The number of anilines is 3. The number of benzene rings is 2. The highest BCUT2D eigenvalue weighted by Crippen LogP contribution is 2.40. The van der Waals surface area contributed by atoms with E-state index < -0.39 is 5.91 Å². The standard InChI is InChI=1S/C21H20FN3O4/c1-27-18-10-16(11-19(28-2)20(18)29-3)25-21(26)17-9-8-15(12-23-17)24-14-6-4-13(22)5-7-14/h4-12,24H,1-3H3,(H,25,26). The molecule has 0 bridgehead atoms. The van der Waals surface area contributed by atoms with E-state index in [1.54, 1.807) is 36.4 Å². The van der Waals surface area contributed by atoms with E-state index in [2.05, 4.69) is 15.6 Å². The molecule has 7 nitrogen and oxygen atoms in total. The van der Waals surface area contributed by atoms with Gasteiger partial charge in [0.2, 0.25) is 5.75 Å². The van der Waals surface area contributed by atoms with Crippen LogP contribution in [0.2, 0.25) is 0 Å². The van der Waals surface area contributed by atoms with Crippen molar-refractivity contribution in [3.05, 3.63) is 66.2 Å². The first-order chi connectivity index (χ1) is 14.0. The maximum atomic E-state index is 13.0. The lowest BCUT2D eigenvalue weighted by molar-refractivity contribution is 0.102. The van der Waals surface area contributed by atoms with Crippen LogP contribution in [0.15, 0.2) is 54.7 Å². The highest BCUT2D eigenvalue weighted by molar-refractivity contribution is 6.03. The highest BCUT2D eigenvalue weighted by Gasteiger charge is 2.15. The lowest BCUT2D eigenvalue weighted by Gasteiger charge is -2.14. The number of carbonyl (C=O) groups excluding carboxylic acids is 1. The van der Waals surface area contributed by atoms with Gasteiger partial charge >= 0.3 is 0 Å². The monoisotopic (exact) mass is 397 g/mol. The summed E-state index contributed by atoms with van der Waals surface area (Å²) in [5.41, 5.74) is 2.08. The predicted octanol–water partition coefficient (Wildman–Crippen LogP) is 4.24. The number of aromatic nitrogens is 1. The van der Waals surface area contributed by atoms with Gasteiger partial charge in [0.15, 0.2) is 11.5 Å². The summed E-state index contributed by atoms with van der Waals surface area (Å²) in [6, 6.07) is 12.5. The largest absolute Gasteiger partial charge is 0.493 e. The molecule has 150 valence electrons. The van der Waals surface area contributed by atoms with Crippen LogP contribution in [0.5, 0.6) is 17.2 Å². The van der Waals surface area contributed by atoms with E-state index in [1.165, 1.54) is 39.7 Å². The van der Waals surface area contributed by atoms with Crippen molar-refractivity contribution < 1.29 is 23.4 Å². The van der Waals surface area contributed by atoms with E-state index in [0.717, 1.165) is 0 Å². The van der Waals surface area contributed by atoms with Gasteiger partial charge in [-0.25, -0.2) is 9.37 Å². The van der Waals surface area contributed by atoms with Gasteiger partial charge in [0.05, 0.1) is 33.2 Å². The van der Waals surface area contributed by atoms with Crippen LogP contribution < -0.4 is 24.8 Å². The van der Waals surface area contributed by atoms with Gasteiger partial charge in [-0.05, 0) is 36.4 Å². The number of nitrogens with one attached hydrogen (secondary N) is 2. The predicted molar refractivity (Wildman–Crippen MR) is 108 cm³/mol. The molecule has 0 aliphatic carbocycles. The van der Waals surface area contributed by atoms with Gasteiger partial charge in [-0.15, -0.1) is 0 Å². The third-order valence-corrected chi connectivity index (χ3v) is 4.05. The minimum Gasteiger partial charge on any atom is -0.493 e. The molecule has 1 aromatic heterocycles. The van der Waals surface area contributed by atoms with Gasteiger partial charge in [0.1, 0.15) is 11.5 Å². The molecule has 0 fully saturated rings. The molecule has 0 aliphatic rings. The SMILES string of the molecule is COc1cc(NC(=O)c2ccc(Nc3ccc(F)cc3)cn2)cc(OC)c1OC.